The minimum atomic E-state index is -0.204. The Bertz CT molecular complexity index is 825. The number of amides is 1. The molecule has 1 saturated heterocycles. The Labute approximate surface area is 190 Å². The van der Waals surface area contributed by atoms with Gasteiger partial charge in [0, 0.05) is 30.2 Å². The van der Waals surface area contributed by atoms with Crippen molar-refractivity contribution in [3.63, 3.8) is 0 Å². The lowest BCUT2D eigenvalue weighted by Gasteiger charge is -2.53. The molecular formula is C26H37FN2O3. The lowest BCUT2D eigenvalue weighted by Crippen LogP contribution is -2.55. The van der Waals surface area contributed by atoms with Gasteiger partial charge in [0.2, 0.25) is 5.91 Å². The zero-order chi connectivity index (χ0) is 22.8. The third-order valence-electron chi connectivity index (χ3n) is 8.07. The van der Waals surface area contributed by atoms with Crippen LogP contribution < -0.4 is 15.8 Å². The molecule has 4 aliphatic rings. The monoisotopic (exact) mass is 444 g/mol. The molecule has 4 fully saturated rings. The van der Waals surface area contributed by atoms with Crippen molar-refractivity contribution in [1.82, 2.24) is 5.32 Å². The predicted molar refractivity (Wildman–Crippen MR) is 123 cm³/mol. The fourth-order valence-corrected chi connectivity index (χ4v) is 5.87. The summed E-state index contributed by atoms with van der Waals surface area (Å²) in [5, 5.41) is 3.38. The van der Waals surface area contributed by atoms with Crippen LogP contribution in [0.1, 0.15) is 70.8 Å². The molecule has 5 nitrogen and oxygen atoms in total. The number of rotatable bonds is 7. The van der Waals surface area contributed by atoms with Gasteiger partial charge in [-0.25, -0.2) is 4.39 Å². The normalized spacial score (nSPS) is 31.9. The highest BCUT2D eigenvalue weighted by Crippen LogP contribution is 2.58. The van der Waals surface area contributed by atoms with E-state index in [0.29, 0.717) is 18.5 Å². The number of ether oxygens (including phenoxy) is 2. The molecule has 1 heterocycles. The lowest BCUT2D eigenvalue weighted by molar-refractivity contribution is -0.140. The maximum atomic E-state index is 13.3. The molecule has 5 rings (SSSR count). The third-order valence-corrected chi connectivity index (χ3v) is 8.07. The molecule has 3 saturated carbocycles. The van der Waals surface area contributed by atoms with Crippen molar-refractivity contribution >= 4 is 5.91 Å². The second-order valence-corrected chi connectivity index (χ2v) is 10.6. The Morgan fingerprint density at radius 1 is 1.19 bits per heavy atom. The molecular weight excluding hydrogens is 407 g/mol. The topological polar surface area (TPSA) is 73.6 Å². The SMILES string of the molecule is CC1(C)CC(NC(=O)C23CCC(c4ccc(OC/C(=C/F)CN)cc4)(CC2)CC3)CCO1. The number of hydrogen-bond acceptors (Lipinski definition) is 4. The highest BCUT2D eigenvalue weighted by atomic mass is 19.1. The van der Waals surface area contributed by atoms with Crippen LogP contribution in [0.3, 0.4) is 0 Å². The molecule has 1 amide bonds. The standard InChI is InChI=1S/C26H37FN2O3/c1-24(2)15-21(7-14-32-24)29-23(30)26-11-8-25(9-12-26,10-13-26)20-3-5-22(6-4-20)31-18-19(16-27)17-28/h3-6,16,21H,7-15,17-18,28H2,1-2H3,(H,29,30)/b19-16+. The molecule has 0 spiro atoms. The highest BCUT2D eigenvalue weighted by Gasteiger charge is 2.53. The van der Waals surface area contributed by atoms with Crippen molar-refractivity contribution in [1.29, 1.82) is 0 Å². The number of nitrogens with one attached hydrogen (secondary N) is 1. The molecule has 0 aromatic heterocycles. The Kier molecular flexibility index (Phi) is 6.64. The van der Waals surface area contributed by atoms with Gasteiger partial charge in [-0.1, -0.05) is 12.1 Å². The third kappa shape index (κ3) is 4.72. The first-order valence-electron chi connectivity index (χ1n) is 12.0. The van der Waals surface area contributed by atoms with E-state index in [4.69, 9.17) is 15.2 Å². The molecule has 3 aliphatic carbocycles. The first-order chi connectivity index (χ1) is 15.3. The van der Waals surface area contributed by atoms with Gasteiger partial charge in [-0.15, -0.1) is 0 Å². The van der Waals surface area contributed by atoms with Gasteiger partial charge < -0.3 is 20.5 Å². The van der Waals surface area contributed by atoms with E-state index in [2.05, 4.69) is 31.3 Å². The zero-order valence-electron chi connectivity index (χ0n) is 19.4. The molecule has 32 heavy (non-hydrogen) atoms. The molecule has 176 valence electrons. The number of carbonyl (C=O) groups excluding carboxylic acids is 1. The minimum absolute atomic E-state index is 0.152. The Morgan fingerprint density at radius 3 is 2.41 bits per heavy atom. The highest BCUT2D eigenvalue weighted by molar-refractivity contribution is 5.83. The second kappa shape index (κ2) is 9.14. The largest absolute Gasteiger partial charge is 0.489 e. The summed E-state index contributed by atoms with van der Waals surface area (Å²) < 4.78 is 24.1. The Morgan fingerprint density at radius 2 is 1.84 bits per heavy atom. The maximum Gasteiger partial charge on any atom is 0.226 e. The average Bonchev–Trinajstić information content (AvgIpc) is 2.80. The van der Waals surface area contributed by atoms with Crippen LogP contribution in [0, 0.1) is 5.41 Å². The fraction of sp³-hybridized carbons (Fsp3) is 0.654. The van der Waals surface area contributed by atoms with E-state index in [1.54, 1.807) is 0 Å². The molecule has 1 unspecified atom stereocenters. The van der Waals surface area contributed by atoms with E-state index in [-0.39, 0.29) is 41.5 Å². The number of benzene rings is 1. The van der Waals surface area contributed by atoms with Crippen LogP contribution in [-0.2, 0) is 14.9 Å². The molecule has 0 radical (unpaired) electrons. The molecule has 6 heteroatoms. The molecule has 1 atom stereocenters. The van der Waals surface area contributed by atoms with Crippen molar-refractivity contribution in [3.8, 4) is 5.75 Å². The predicted octanol–water partition coefficient (Wildman–Crippen LogP) is 4.54. The maximum absolute atomic E-state index is 13.3. The number of carbonyl (C=O) groups is 1. The van der Waals surface area contributed by atoms with Crippen LogP contribution in [-0.4, -0.2) is 37.3 Å². The second-order valence-electron chi connectivity index (χ2n) is 10.6. The Hall–Kier alpha value is -1.92. The van der Waals surface area contributed by atoms with Gasteiger partial charge >= 0.3 is 0 Å². The number of nitrogens with two attached hydrogens (primary N) is 1. The van der Waals surface area contributed by atoms with E-state index in [0.717, 1.165) is 57.1 Å². The van der Waals surface area contributed by atoms with Crippen LogP contribution in [0.5, 0.6) is 5.75 Å². The molecule has 1 aromatic carbocycles. The van der Waals surface area contributed by atoms with Gasteiger partial charge in [0.1, 0.15) is 12.4 Å². The summed E-state index contributed by atoms with van der Waals surface area (Å²) in [7, 11) is 0. The van der Waals surface area contributed by atoms with E-state index < -0.39 is 0 Å². The van der Waals surface area contributed by atoms with Gasteiger partial charge in [0.25, 0.3) is 0 Å². The molecule has 2 bridgehead atoms. The van der Waals surface area contributed by atoms with Gasteiger partial charge in [0.15, 0.2) is 0 Å². The van der Waals surface area contributed by atoms with Gasteiger partial charge in [-0.05, 0) is 88.3 Å². The van der Waals surface area contributed by atoms with Gasteiger partial charge in [-0.3, -0.25) is 4.79 Å². The lowest BCUT2D eigenvalue weighted by atomic mass is 9.51. The van der Waals surface area contributed by atoms with E-state index in [9.17, 15) is 9.18 Å². The molecule has 1 aromatic rings. The van der Waals surface area contributed by atoms with E-state index in [1.165, 1.54) is 5.56 Å². The first-order valence-corrected chi connectivity index (χ1v) is 12.0. The van der Waals surface area contributed by atoms with Crippen molar-refractivity contribution < 1.29 is 18.7 Å². The molecule has 3 N–H and O–H groups in total. The van der Waals surface area contributed by atoms with Crippen LogP contribution in [0.15, 0.2) is 36.2 Å². The summed E-state index contributed by atoms with van der Waals surface area (Å²) in [6.07, 6.45) is 8.27. The average molecular weight is 445 g/mol. The van der Waals surface area contributed by atoms with Crippen molar-refractivity contribution in [2.24, 2.45) is 11.1 Å². The smallest absolute Gasteiger partial charge is 0.226 e. The number of hydrogen-bond donors (Lipinski definition) is 2. The van der Waals surface area contributed by atoms with Crippen LogP contribution in [0.4, 0.5) is 4.39 Å². The number of fused-ring (bicyclic) bond motifs is 3. The zero-order valence-corrected chi connectivity index (χ0v) is 19.4. The Balaban J connectivity index is 1.35. The van der Waals surface area contributed by atoms with Crippen LogP contribution in [0.2, 0.25) is 0 Å². The quantitative estimate of drug-likeness (QED) is 0.647. The minimum Gasteiger partial charge on any atom is -0.489 e. The van der Waals surface area contributed by atoms with Gasteiger partial charge in [-0.2, -0.15) is 0 Å². The summed E-state index contributed by atoms with van der Waals surface area (Å²) in [5.41, 5.74) is 7.03. The van der Waals surface area contributed by atoms with Crippen molar-refractivity contribution in [2.75, 3.05) is 19.8 Å². The van der Waals surface area contributed by atoms with E-state index >= 15 is 0 Å². The van der Waals surface area contributed by atoms with Gasteiger partial charge in [0.05, 0.1) is 11.9 Å². The number of halogens is 1. The summed E-state index contributed by atoms with van der Waals surface area (Å²) in [6, 6.07) is 8.42. The molecule has 1 aliphatic heterocycles. The van der Waals surface area contributed by atoms with Crippen LogP contribution in [0.25, 0.3) is 0 Å². The summed E-state index contributed by atoms with van der Waals surface area (Å²) in [5.74, 6) is 0.978. The van der Waals surface area contributed by atoms with Crippen LogP contribution >= 0.6 is 0 Å². The summed E-state index contributed by atoms with van der Waals surface area (Å²) in [4.78, 5) is 13.3. The summed E-state index contributed by atoms with van der Waals surface area (Å²) in [6.45, 7) is 5.23. The van der Waals surface area contributed by atoms with Crippen molar-refractivity contribution in [2.45, 2.75) is 82.3 Å². The van der Waals surface area contributed by atoms with Crippen molar-refractivity contribution in [3.05, 3.63) is 41.7 Å². The van der Waals surface area contributed by atoms with E-state index in [1.807, 2.05) is 12.1 Å². The fourth-order valence-electron chi connectivity index (χ4n) is 5.87. The summed E-state index contributed by atoms with van der Waals surface area (Å²) >= 11 is 0. The first kappa shape index (κ1) is 23.2.